The zero-order valence-electron chi connectivity index (χ0n) is 16.6. The molecule has 0 spiro atoms. The average Bonchev–Trinajstić information content (AvgIpc) is 3.08. The Balaban J connectivity index is 1.60. The maximum absolute atomic E-state index is 14.7. The molecule has 1 saturated heterocycles. The molecule has 4 aromatic rings. The van der Waals surface area contributed by atoms with Crippen molar-refractivity contribution in [2.45, 2.75) is 18.6 Å². The minimum Gasteiger partial charge on any atom is -0.457 e. The topological polar surface area (TPSA) is 100.0 Å². The van der Waals surface area contributed by atoms with E-state index in [-0.39, 0.29) is 12.4 Å². The first-order valence-electron chi connectivity index (χ1n) is 10.0. The molecule has 2 aromatic carbocycles. The summed E-state index contributed by atoms with van der Waals surface area (Å²) in [6, 6.07) is 15.8. The summed E-state index contributed by atoms with van der Waals surface area (Å²) in [6.07, 6.45) is 0.570. The molecule has 2 aromatic heterocycles. The maximum atomic E-state index is 14.7. The standard InChI is InChI=1S/C22H21FN6O2/c23-17-12-25-11-10-18(17)29-21-19(20(24)26-13-27-21)28(22(29)30)14-6-8-16(9-7-14)31-15-4-2-1-3-5-15/h1-9,13,17-18,25H,10-12H2,(H2,24,26,27)/t17-,18-/m1/s1. The summed E-state index contributed by atoms with van der Waals surface area (Å²) in [6.45, 7) is 0.812. The molecule has 5 rings (SSSR count). The van der Waals surface area contributed by atoms with Gasteiger partial charge < -0.3 is 15.8 Å². The summed E-state index contributed by atoms with van der Waals surface area (Å²) < 4.78 is 23.4. The summed E-state index contributed by atoms with van der Waals surface area (Å²) in [7, 11) is 0. The van der Waals surface area contributed by atoms with Gasteiger partial charge in [-0.1, -0.05) is 18.2 Å². The van der Waals surface area contributed by atoms with Crippen LogP contribution >= 0.6 is 0 Å². The second kappa shape index (κ2) is 7.84. The predicted molar refractivity (Wildman–Crippen MR) is 115 cm³/mol. The number of halogens is 1. The number of hydrogen-bond donors (Lipinski definition) is 2. The molecular formula is C22H21FN6O2. The lowest BCUT2D eigenvalue weighted by Gasteiger charge is -2.27. The van der Waals surface area contributed by atoms with Gasteiger partial charge in [-0.25, -0.2) is 19.2 Å². The van der Waals surface area contributed by atoms with Crippen LogP contribution in [0.15, 0.2) is 65.7 Å². The molecule has 1 aliphatic rings. The van der Waals surface area contributed by atoms with Gasteiger partial charge in [0.2, 0.25) is 0 Å². The van der Waals surface area contributed by atoms with Gasteiger partial charge in [-0.2, -0.15) is 0 Å². The smallest absolute Gasteiger partial charge is 0.335 e. The van der Waals surface area contributed by atoms with Gasteiger partial charge in [0, 0.05) is 6.54 Å². The number of anilines is 1. The van der Waals surface area contributed by atoms with Crippen LogP contribution in [-0.4, -0.2) is 38.4 Å². The van der Waals surface area contributed by atoms with Crippen molar-refractivity contribution >= 4 is 17.0 Å². The molecule has 158 valence electrons. The van der Waals surface area contributed by atoms with Crippen LogP contribution in [0.4, 0.5) is 10.2 Å². The second-order valence-corrected chi connectivity index (χ2v) is 7.40. The second-order valence-electron chi connectivity index (χ2n) is 7.40. The van der Waals surface area contributed by atoms with Crippen molar-refractivity contribution in [2.24, 2.45) is 0 Å². The molecule has 1 fully saturated rings. The van der Waals surface area contributed by atoms with Gasteiger partial charge in [0.25, 0.3) is 0 Å². The van der Waals surface area contributed by atoms with Crippen LogP contribution in [0.2, 0.25) is 0 Å². The summed E-state index contributed by atoms with van der Waals surface area (Å²) in [5.41, 5.74) is 6.99. The number of nitrogens with zero attached hydrogens (tertiary/aromatic N) is 4. The molecular weight excluding hydrogens is 399 g/mol. The van der Waals surface area contributed by atoms with Crippen LogP contribution in [-0.2, 0) is 0 Å². The van der Waals surface area contributed by atoms with Crippen molar-refractivity contribution in [1.29, 1.82) is 0 Å². The van der Waals surface area contributed by atoms with Gasteiger partial charge in [-0.15, -0.1) is 0 Å². The Labute approximate surface area is 177 Å². The van der Waals surface area contributed by atoms with Crippen molar-refractivity contribution in [3.63, 3.8) is 0 Å². The molecule has 0 amide bonds. The molecule has 0 bridgehead atoms. The van der Waals surface area contributed by atoms with E-state index in [2.05, 4.69) is 15.3 Å². The van der Waals surface area contributed by atoms with Crippen molar-refractivity contribution in [3.05, 3.63) is 71.4 Å². The summed E-state index contributed by atoms with van der Waals surface area (Å²) in [5.74, 6) is 1.49. The van der Waals surface area contributed by atoms with E-state index in [1.165, 1.54) is 15.5 Å². The summed E-state index contributed by atoms with van der Waals surface area (Å²) in [5, 5.41) is 3.01. The molecule has 1 aliphatic heterocycles. The minimum atomic E-state index is -1.21. The van der Waals surface area contributed by atoms with Crippen LogP contribution in [0, 0.1) is 0 Å². The molecule has 9 heteroatoms. The number of alkyl halides is 1. The number of nitrogens with one attached hydrogen (secondary N) is 1. The molecule has 31 heavy (non-hydrogen) atoms. The zero-order valence-corrected chi connectivity index (χ0v) is 16.6. The molecule has 0 aliphatic carbocycles. The highest BCUT2D eigenvalue weighted by atomic mass is 19.1. The molecule has 3 heterocycles. The number of imidazole rings is 1. The highest BCUT2D eigenvalue weighted by molar-refractivity contribution is 5.84. The lowest BCUT2D eigenvalue weighted by molar-refractivity contribution is 0.183. The molecule has 0 unspecified atom stereocenters. The Bertz CT molecular complexity index is 1270. The molecule has 8 nitrogen and oxygen atoms in total. The number of fused-ring (bicyclic) bond motifs is 1. The number of nitrogen functional groups attached to an aromatic ring is 1. The van der Waals surface area contributed by atoms with E-state index in [4.69, 9.17) is 10.5 Å². The van der Waals surface area contributed by atoms with Gasteiger partial charge in [0.15, 0.2) is 11.5 Å². The Morgan fingerprint density at radius 3 is 2.55 bits per heavy atom. The van der Waals surface area contributed by atoms with Gasteiger partial charge >= 0.3 is 5.69 Å². The van der Waals surface area contributed by atoms with Gasteiger partial charge in [-0.05, 0) is 49.4 Å². The minimum absolute atomic E-state index is 0.162. The van der Waals surface area contributed by atoms with Crippen LogP contribution in [0.3, 0.4) is 0 Å². The van der Waals surface area contributed by atoms with Crippen molar-refractivity contribution in [2.75, 3.05) is 18.8 Å². The third-order valence-electron chi connectivity index (χ3n) is 5.46. The van der Waals surface area contributed by atoms with Crippen molar-refractivity contribution in [1.82, 2.24) is 24.4 Å². The number of nitrogens with two attached hydrogens (primary N) is 1. The first kappa shape index (κ1) is 19.3. The Morgan fingerprint density at radius 1 is 1.06 bits per heavy atom. The molecule has 0 radical (unpaired) electrons. The highest BCUT2D eigenvalue weighted by Crippen LogP contribution is 2.28. The fraction of sp³-hybridized carbons (Fsp3) is 0.227. The Kier molecular flexibility index (Phi) is 4.87. The summed E-state index contributed by atoms with van der Waals surface area (Å²) in [4.78, 5) is 21.8. The van der Waals surface area contributed by atoms with Crippen molar-refractivity contribution < 1.29 is 9.13 Å². The van der Waals surface area contributed by atoms with Crippen LogP contribution in [0.1, 0.15) is 12.5 Å². The first-order chi connectivity index (χ1) is 15.1. The number of aromatic nitrogens is 4. The van der Waals surface area contributed by atoms with E-state index in [0.29, 0.717) is 41.3 Å². The molecule has 0 saturated carbocycles. The quantitative estimate of drug-likeness (QED) is 0.527. The van der Waals surface area contributed by atoms with Crippen LogP contribution < -0.4 is 21.5 Å². The number of para-hydroxylation sites is 1. The zero-order chi connectivity index (χ0) is 21.4. The lowest BCUT2D eigenvalue weighted by atomic mass is 10.0. The van der Waals surface area contributed by atoms with E-state index >= 15 is 0 Å². The largest absolute Gasteiger partial charge is 0.457 e. The maximum Gasteiger partial charge on any atom is 0.335 e. The number of benzene rings is 2. The van der Waals surface area contributed by atoms with E-state index in [1.807, 2.05) is 30.3 Å². The van der Waals surface area contributed by atoms with Gasteiger partial charge in [0.1, 0.15) is 29.5 Å². The number of rotatable bonds is 4. The highest BCUT2D eigenvalue weighted by Gasteiger charge is 2.31. The van der Waals surface area contributed by atoms with Gasteiger partial charge in [0.05, 0.1) is 11.7 Å². The average molecular weight is 420 g/mol. The Hall–Kier alpha value is -3.72. The number of hydrogen-bond acceptors (Lipinski definition) is 6. The lowest BCUT2D eigenvalue weighted by Crippen LogP contribution is -2.42. The first-order valence-corrected chi connectivity index (χ1v) is 10.0. The SMILES string of the molecule is Nc1ncnc2c1n(-c1ccc(Oc3ccccc3)cc1)c(=O)n2[C@@H]1CCNC[C@H]1F. The normalized spacial score (nSPS) is 18.9. The third-order valence-corrected chi connectivity index (χ3v) is 5.46. The van der Waals surface area contributed by atoms with Crippen molar-refractivity contribution in [3.8, 4) is 17.2 Å². The Morgan fingerprint density at radius 2 is 1.81 bits per heavy atom. The molecule has 2 atom stereocenters. The predicted octanol–water partition coefficient (Wildman–Crippen LogP) is 2.83. The fourth-order valence-corrected chi connectivity index (χ4v) is 3.99. The van der Waals surface area contributed by atoms with E-state index in [0.717, 1.165) is 0 Å². The monoisotopic (exact) mass is 420 g/mol. The van der Waals surface area contributed by atoms with Crippen LogP contribution in [0.25, 0.3) is 16.9 Å². The van der Waals surface area contributed by atoms with E-state index in [1.54, 1.807) is 24.3 Å². The number of piperidine rings is 1. The van der Waals surface area contributed by atoms with Crippen LogP contribution in [0.5, 0.6) is 11.5 Å². The number of ether oxygens (including phenoxy) is 1. The molecule has 3 N–H and O–H groups in total. The fourth-order valence-electron chi connectivity index (χ4n) is 3.99. The van der Waals surface area contributed by atoms with E-state index in [9.17, 15) is 9.18 Å². The van der Waals surface area contributed by atoms with E-state index < -0.39 is 17.9 Å². The van der Waals surface area contributed by atoms with Gasteiger partial charge in [-0.3, -0.25) is 9.13 Å². The summed E-state index contributed by atoms with van der Waals surface area (Å²) >= 11 is 0. The third kappa shape index (κ3) is 3.42.